The van der Waals surface area contributed by atoms with Gasteiger partial charge in [-0.15, -0.1) is 0 Å². The molecule has 2 aromatic carbocycles. The third-order valence-electron chi connectivity index (χ3n) is 4.65. The van der Waals surface area contributed by atoms with Gasteiger partial charge < -0.3 is 9.15 Å². The molecule has 7 nitrogen and oxygen atoms in total. The molecule has 152 valence electrons. The van der Waals surface area contributed by atoms with E-state index in [9.17, 15) is 18.0 Å². The van der Waals surface area contributed by atoms with Crippen molar-refractivity contribution in [2.45, 2.75) is 25.3 Å². The van der Waals surface area contributed by atoms with Crippen molar-refractivity contribution in [2.24, 2.45) is 0 Å². The van der Waals surface area contributed by atoms with Crippen molar-refractivity contribution in [3.63, 3.8) is 0 Å². The number of rotatable bonds is 5. The Hall–Kier alpha value is -2.97. The third kappa shape index (κ3) is 4.23. The maximum Gasteiger partial charge on any atom is 0.338 e. The summed E-state index contributed by atoms with van der Waals surface area (Å²) in [6.07, 6.45) is 0. The molecule has 0 saturated heterocycles. The first-order valence-corrected chi connectivity index (χ1v) is 10.3. The first kappa shape index (κ1) is 20.8. The van der Waals surface area contributed by atoms with E-state index in [0.717, 1.165) is 15.4 Å². The third-order valence-corrected chi connectivity index (χ3v) is 6.46. The number of aryl methyl sites for hydroxylation is 2. The zero-order valence-electron chi connectivity index (χ0n) is 16.6. The summed E-state index contributed by atoms with van der Waals surface area (Å²) >= 11 is 0. The molecule has 0 aliphatic rings. The van der Waals surface area contributed by atoms with Crippen molar-refractivity contribution in [3.05, 3.63) is 75.1 Å². The van der Waals surface area contributed by atoms with E-state index >= 15 is 0 Å². The predicted octanol–water partition coefficient (Wildman–Crippen LogP) is 3.02. The summed E-state index contributed by atoms with van der Waals surface area (Å²) in [6, 6.07) is 10.6. The number of esters is 1. The Bertz CT molecular complexity index is 1260. The summed E-state index contributed by atoms with van der Waals surface area (Å²) in [5, 5.41) is 0.685. The van der Waals surface area contributed by atoms with E-state index in [1.165, 1.54) is 44.4 Å². The van der Waals surface area contributed by atoms with Gasteiger partial charge in [-0.1, -0.05) is 6.07 Å². The van der Waals surface area contributed by atoms with Crippen LogP contribution in [0.2, 0.25) is 0 Å². The van der Waals surface area contributed by atoms with E-state index in [4.69, 9.17) is 9.15 Å². The average Bonchev–Trinajstić information content (AvgIpc) is 2.67. The van der Waals surface area contributed by atoms with E-state index in [2.05, 4.69) is 0 Å². The van der Waals surface area contributed by atoms with Crippen LogP contribution >= 0.6 is 0 Å². The van der Waals surface area contributed by atoms with Crippen molar-refractivity contribution in [2.75, 3.05) is 14.1 Å². The molecule has 0 atom stereocenters. The molecule has 0 spiro atoms. The minimum atomic E-state index is -3.67. The molecule has 1 aromatic heterocycles. The Labute approximate surface area is 168 Å². The minimum Gasteiger partial charge on any atom is -0.457 e. The van der Waals surface area contributed by atoms with Crippen LogP contribution in [0, 0.1) is 13.8 Å². The van der Waals surface area contributed by atoms with Crippen molar-refractivity contribution < 1.29 is 22.4 Å². The van der Waals surface area contributed by atoms with E-state index in [1.807, 2.05) is 19.9 Å². The van der Waals surface area contributed by atoms with Gasteiger partial charge in [0.05, 0.1) is 10.5 Å². The number of carbonyl (C=O) groups is 1. The highest BCUT2D eigenvalue weighted by atomic mass is 32.2. The van der Waals surface area contributed by atoms with E-state index in [-0.39, 0.29) is 17.1 Å². The summed E-state index contributed by atoms with van der Waals surface area (Å²) in [5.74, 6) is -0.689. The molecule has 0 N–H and O–H groups in total. The molecule has 0 radical (unpaired) electrons. The van der Waals surface area contributed by atoms with E-state index in [0.29, 0.717) is 16.5 Å². The van der Waals surface area contributed by atoms with Gasteiger partial charge in [0.25, 0.3) is 0 Å². The SMILES string of the molecule is Cc1cc2oc(=O)cc(COC(=O)c3cccc(S(=O)(=O)N(C)C)c3)c2cc1C. The molecule has 0 fully saturated rings. The van der Waals surface area contributed by atoms with Crippen LogP contribution in [0.5, 0.6) is 0 Å². The summed E-state index contributed by atoms with van der Waals surface area (Å²) in [7, 11) is -0.846. The van der Waals surface area contributed by atoms with Gasteiger partial charge in [0, 0.05) is 31.1 Å². The molecule has 0 saturated carbocycles. The lowest BCUT2D eigenvalue weighted by Gasteiger charge is -2.12. The Balaban J connectivity index is 1.89. The molecule has 0 aliphatic carbocycles. The maximum absolute atomic E-state index is 12.5. The van der Waals surface area contributed by atoms with Crippen molar-refractivity contribution in [3.8, 4) is 0 Å². The summed E-state index contributed by atoms with van der Waals surface area (Å²) in [4.78, 5) is 24.3. The zero-order valence-corrected chi connectivity index (χ0v) is 17.4. The number of fused-ring (bicyclic) bond motifs is 1. The van der Waals surface area contributed by atoms with Crippen LogP contribution in [-0.4, -0.2) is 32.8 Å². The van der Waals surface area contributed by atoms with Gasteiger partial charge in [-0.25, -0.2) is 22.3 Å². The highest BCUT2D eigenvalue weighted by Gasteiger charge is 2.19. The Kier molecular flexibility index (Phi) is 5.59. The average molecular weight is 415 g/mol. The zero-order chi connectivity index (χ0) is 21.3. The molecule has 0 bridgehead atoms. The molecule has 1 heterocycles. The van der Waals surface area contributed by atoms with Crippen LogP contribution in [0.3, 0.4) is 0 Å². The lowest BCUT2D eigenvalue weighted by atomic mass is 10.0. The van der Waals surface area contributed by atoms with Gasteiger partial charge >= 0.3 is 11.6 Å². The molecule has 3 aromatic rings. The van der Waals surface area contributed by atoms with Gasteiger partial charge in [0.15, 0.2) is 0 Å². The number of hydrogen-bond acceptors (Lipinski definition) is 6. The second kappa shape index (κ2) is 7.81. The molecule has 0 unspecified atom stereocenters. The Morgan fingerprint density at radius 1 is 1.07 bits per heavy atom. The number of ether oxygens (including phenoxy) is 1. The summed E-state index contributed by atoms with van der Waals surface area (Å²) in [6.45, 7) is 3.71. The first-order valence-electron chi connectivity index (χ1n) is 8.83. The second-order valence-electron chi connectivity index (χ2n) is 6.91. The smallest absolute Gasteiger partial charge is 0.338 e. The number of sulfonamides is 1. The van der Waals surface area contributed by atoms with Gasteiger partial charge in [0.2, 0.25) is 10.0 Å². The lowest BCUT2D eigenvalue weighted by molar-refractivity contribution is 0.0473. The van der Waals surface area contributed by atoms with Crippen molar-refractivity contribution in [1.29, 1.82) is 0 Å². The summed E-state index contributed by atoms with van der Waals surface area (Å²) < 4.78 is 36.2. The van der Waals surface area contributed by atoms with Crippen LogP contribution in [-0.2, 0) is 21.4 Å². The van der Waals surface area contributed by atoms with Gasteiger partial charge in [-0.05, 0) is 55.3 Å². The highest BCUT2D eigenvalue weighted by Crippen LogP contribution is 2.23. The van der Waals surface area contributed by atoms with Crippen LogP contribution in [0.15, 0.2) is 56.6 Å². The fraction of sp³-hybridized carbons (Fsp3) is 0.238. The van der Waals surface area contributed by atoms with Gasteiger partial charge in [-0.2, -0.15) is 0 Å². The van der Waals surface area contributed by atoms with Crippen LogP contribution in [0.25, 0.3) is 11.0 Å². The maximum atomic E-state index is 12.5. The number of carbonyl (C=O) groups excluding carboxylic acids is 1. The van der Waals surface area contributed by atoms with Crippen molar-refractivity contribution >= 4 is 27.0 Å². The highest BCUT2D eigenvalue weighted by molar-refractivity contribution is 7.89. The topological polar surface area (TPSA) is 93.9 Å². The molecule has 0 amide bonds. The fourth-order valence-electron chi connectivity index (χ4n) is 2.82. The van der Waals surface area contributed by atoms with Gasteiger partial charge in [-0.3, -0.25) is 0 Å². The van der Waals surface area contributed by atoms with Crippen LogP contribution in [0.1, 0.15) is 27.0 Å². The quantitative estimate of drug-likeness (QED) is 0.470. The number of hydrogen-bond donors (Lipinski definition) is 0. The minimum absolute atomic E-state index is 0.00569. The Morgan fingerprint density at radius 3 is 2.45 bits per heavy atom. The molecular weight excluding hydrogens is 394 g/mol. The standard InChI is InChI=1S/C21H21NO6S/c1-13-8-18-16(11-20(23)28-19(18)9-14(13)2)12-27-21(24)15-6-5-7-17(10-15)29(25,26)22(3)4/h5-11H,12H2,1-4H3. The number of nitrogens with zero attached hydrogens (tertiary/aromatic N) is 1. The van der Waals surface area contributed by atoms with E-state index in [1.54, 1.807) is 6.07 Å². The Morgan fingerprint density at radius 2 is 1.76 bits per heavy atom. The predicted molar refractivity (Wildman–Crippen MR) is 108 cm³/mol. The molecule has 29 heavy (non-hydrogen) atoms. The van der Waals surface area contributed by atoms with Crippen molar-refractivity contribution in [1.82, 2.24) is 4.31 Å². The van der Waals surface area contributed by atoms with Crippen LogP contribution < -0.4 is 5.63 Å². The van der Waals surface area contributed by atoms with E-state index < -0.39 is 21.6 Å². The second-order valence-corrected chi connectivity index (χ2v) is 9.07. The molecule has 8 heteroatoms. The molecule has 3 rings (SSSR count). The summed E-state index contributed by atoms with van der Waals surface area (Å²) in [5.41, 5.74) is 2.50. The fourth-order valence-corrected chi connectivity index (χ4v) is 3.77. The lowest BCUT2D eigenvalue weighted by Crippen LogP contribution is -2.22. The monoisotopic (exact) mass is 415 g/mol. The van der Waals surface area contributed by atoms with Crippen LogP contribution in [0.4, 0.5) is 0 Å². The normalized spacial score (nSPS) is 11.8. The number of benzene rings is 2. The molecular formula is C21H21NO6S. The van der Waals surface area contributed by atoms with Gasteiger partial charge in [0.1, 0.15) is 12.2 Å². The first-order chi connectivity index (χ1) is 13.6. The largest absolute Gasteiger partial charge is 0.457 e. The molecule has 0 aliphatic heterocycles.